The maximum absolute atomic E-state index is 14.5. The first-order chi connectivity index (χ1) is 15.0. The topological polar surface area (TPSA) is 41.1 Å². The van der Waals surface area contributed by atoms with Gasteiger partial charge in [0.25, 0.3) is 5.91 Å². The van der Waals surface area contributed by atoms with Gasteiger partial charge in [0, 0.05) is 16.0 Å². The molecule has 4 rings (SSSR count). The summed E-state index contributed by atoms with van der Waals surface area (Å²) in [5, 5.41) is 7.22. The number of halogens is 1. The highest BCUT2D eigenvalue weighted by molar-refractivity contribution is 7.16. The standard InChI is InChI=1S/C26H23FN2OS/c1-17-18(2)31-26(29-25(30)20-13-7-4-8-14-20)23(17)24(19-11-5-3-6-12-19)28-22-16-10-9-15-21(22)27/h3-16,24,28H,1-2H3,(H,29,30). The van der Waals surface area contributed by atoms with Crippen molar-refractivity contribution in [3.63, 3.8) is 0 Å². The fraction of sp³-hybridized carbons (Fsp3) is 0.115. The average molecular weight is 431 g/mol. The predicted octanol–water partition coefficient (Wildman–Crippen LogP) is 6.96. The molecular formula is C26H23FN2OS. The summed E-state index contributed by atoms with van der Waals surface area (Å²) >= 11 is 1.54. The highest BCUT2D eigenvalue weighted by Gasteiger charge is 2.25. The molecule has 1 heterocycles. The molecular weight excluding hydrogens is 407 g/mol. The van der Waals surface area contributed by atoms with Crippen LogP contribution in [0.15, 0.2) is 84.9 Å². The zero-order chi connectivity index (χ0) is 21.8. The minimum Gasteiger partial charge on any atom is -0.372 e. The number of para-hydroxylation sites is 1. The van der Waals surface area contributed by atoms with E-state index in [2.05, 4.69) is 10.6 Å². The van der Waals surface area contributed by atoms with Crippen LogP contribution in [0.25, 0.3) is 0 Å². The minimum atomic E-state index is -0.325. The maximum atomic E-state index is 14.5. The van der Waals surface area contributed by atoms with Crippen molar-refractivity contribution in [1.29, 1.82) is 0 Å². The van der Waals surface area contributed by atoms with Gasteiger partial charge in [-0.05, 0) is 49.2 Å². The van der Waals surface area contributed by atoms with E-state index in [1.807, 2.05) is 62.4 Å². The summed E-state index contributed by atoms with van der Waals surface area (Å²) in [6.45, 7) is 4.07. The fourth-order valence-corrected chi connectivity index (χ4v) is 4.65. The van der Waals surface area contributed by atoms with Crippen LogP contribution in [0.3, 0.4) is 0 Å². The summed E-state index contributed by atoms with van der Waals surface area (Å²) in [5.74, 6) is -0.483. The first-order valence-corrected chi connectivity index (χ1v) is 10.9. The quantitative estimate of drug-likeness (QED) is 0.347. The number of carbonyl (C=O) groups excluding carboxylic acids is 1. The number of aryl methyl sites for hydroxylation is 1. The Morgan fingerprint density at radius 2 is 1.48 bits per heavy atom. The molecule has 3 aromatic carbocycles. The number of amides is 1. The fourth-order valence-electron chi connectivity index (χ4n) is 3.55. The number of carbonyl (C=O) groups is 1. The Kier molecular flexibility index (Phi) is 6.14. The molecule has 0 radical (unpaired) electrons. The third kappa shape index (κ3) is 4.52. The molecule has 0 aliphatic heterocycles. The second kappa shape index (κ2) is 9.14. The van der Waals surface area contributed by atoms with Crippen LogP contribution < -0.4 is 10.6 Å². The highest BCUT2D eigenvalue weighted by Crippen LogP contribution is 2.41. The zero-order valence-electron chi connectivity index (χ0n) is 17.4. The van der Waals surface area contributed by atoms with Gasteiger partial charge in [-0.3, -0.25) is 4.79 Å². The Morgan fingerprint density at radius 3 is 2.16 bits per heavy atom. The Hall–Kier alpha value is -3.44. The van der Waals surface area contributed by atoms with Gasteiger partial charge in [0.15, 0.2) is 0 Å². The van der Waals surface area contributed by atoms with Crippen molar-refractivity contribution in [3.05, 3.63) is 118 Å². The molecule has 2 N–H and O–H groups in total. The van der Waals surface area contributed by atoms with Crippen molar-refractivity contribution in [2.45, 2.75) is 19.9 Å². The van der Waals surface area contributed by atoms with Crippen LogP contribution in [0.1, 0.15) is 38.0 Å². The van der Waals surface area contributed by atoms with Crippen LogP contribution >= 0.6 is 11.3 Å². The van der Waals surface area contributed by atoms with Gasteiger partial charge in [0.2, 0.25) is 0 Å². The van der Waals surface area contributed by atoms with Crippen molar-refractivity contribution in [2.75, 3.05) is 10.6 Å². The molecule has 1 amide bonds. The number of nitrogens with one attached hydrogen (secondary N) is 2. The molecule has 156 valence electrons. The van der Waals surface area contributed by atoms with Gasteiger partial charge in [-0.25, -0.2) is 4.39 Å². The van der Waals surface area contributed by atoms with Crippen molar-refractivity contribution < 1.29 is 9.18 Å². The lowest BCUT2D eigenvalue weighted by atomic mass is 9.96. The van der Waals surface area contributed by atoms with Crippen molar-refractivity contribution >= 4 is 27.9 Å². The molecule has 0 aliphatic rings. The van der Waals surface area contributed by atoms with E-state index in [4.69, 9.17) is 0 Å². The molecule has 0 fully saturated rings. The lowest BCUT2D eigenvalue weighted by molar-refractivity contribution is 0.102. The Bertz CT molecular complexity index is 1190. The summed E-state index contributed by atoms with van der Waals surface area (Å²) in [6.07, 6.45) is 0. The van der Waals surface area contributed by atoms with E-state index in [0.717, 1.165) is 26.6 Å². The van der Waals surface area contributed by atoms with Crippen LogP contribution in [-0.4, -0.2) is 5.91 Å². The molecule has 0 saturated carbocycles. The molecule has 31 heavy (non-hydrogen) atoms. The van der Waals surface area contributed by atoms with E-state index >= 15 is 0 Å². The summed E-state index contributed by atoms with van der Waals surface area (Å²) in [7, 11) is 0. The highest BCUT2D eigenvalue weighted by atomic mass is 32.1. The molecule has 1 unspecified atom stereocenters. The molecule has 1 aromatic heterocycles. The van der Waals surface area contributed by atoms with Crippen molar-refractivity contribution in [2.24, 2.45) is 0 Å². The Labute approximate surface area is 185 Å². The van der Waals surface area contributed by atoms with E-state index in [-0.39, 0.29) is 17.8 Å². The van der Waals surface area contributed by atoms with Crippen LogP contribution in [0.2, 0.25) is 0 Å². The summed E-state index contributed by atoms with van der Waals surface area (Å²) in [4.78, 5) is 14.0. The number of thiophene rings is 1. The zero-order valence-corrected chi connectivity index (χ0v) is 18.2. The summed E-state index contributed by atoms with van der Waals surface area (Å²) in [5.41, 5.74) is 4.02. The molecule has 0 spiro atoms. The number of anilines is 2. The van der Waals surface area contributed by atoms with Crippen LogP contribution in [0, 0.1) is 19.7 Å². The normalized spacial score (nSPS) is 11.7. The number of benzene rings is 3. The van der Waals surface area contributed by atoms with E-state index in [9.17, 15) is 9.18 Å². The van der Waals surface area contributed by atoms with Gasteiger partial charge in [-0.2, -0.15) is 0 Å². The van der Waals surface area contributed by atoms with Gasteiger partial charge in [-0.15, -0.1) is 11.3 Å². The third-order valence-corrected chi connectivity index (χ3v) is 6.43. The van der Waals surface area contributed by atoms with E-state index in [1.54, 1.807) is 30.3 Å². The second-order valence-electron chi connectivity index (χ2n) is 7.31. The number of hydrogen-bond donors (Lipinski definition) is 2. The van der Waals surface area contributed by atoms with Gasteiger partial charge >= 0.3 is 0 Å². The van der Waals surface area contributed by atoms with Crippen LogP contribution in [0.4, 0.5) is 15.1 Å². The largest absolute Gasteiger partial charge is 0.372 e. The molecule has 5 heteroatoms. The smallest absolute Gasteiger partial charge is 0.256 e. The summed E-state index contributed by atoms with van der Waals surface area (Å²) in [6, 6.07) is 25.3. The molecule has 3 nitrogen and oxygen atoms in total. The second-order valence-corrected chi connectivity index (χ2v) is 8.54. The van der Waals surface area contributed by atoms with Crippen LogP contribution in [0.5, 0.6) is 0 Å². The average Bonchev–Trinajstić information content (AvgIpc) is 3.07. The predicted molar refractivity (Wildman–Crippen MR) is 126 cm³/mol. The van der Waals surface area contributed by atoms with Crippen LogP contribution in [-0.2, 0) is 0 Å². The number of rotatable bonds is 6. The lowest BCUT2D eigenvalue weighted by Gasteiger charge is -2.23. The molecule has 4 aromatic rings. The maximum Gasteiger partial charge on any atom is 0.256 e. The van der Waals surface area contributed by atoms with Crippen molar-refractivity contribution in [1.82, 2.24) is 0 Å². The monoisotopic (exact) mass is 430 g/mol. The first-order valence-electron chi connectivity index (χ1n) is 10.1. The van der Waals surface area contributed by atoms with E-state index in [1.165, 1.54) is 17.4 Å². The number of hydrogen-bond acceptors (Lipinski definition) is 3. The van der Waals surface area contributed by atoms with Gasteiger partial charge in [0.1, 0.15) is 10.8 Å². The molecule has 0 aliphatic carbocycles. The lowest BCUT2D eigenvalue weighted by Crippen LogP contribution is -2.18. The first kappa shape index (κ1) is 20.8. The third-order valence-electron chi connectivity index (χ3n) is 5.29. The Morgan fingerprint density at radius 1 is 0.871 bits per heavy atom. The van der Waals surface area contributed by atoms with E-state index < -0.39 is 0 Å². The SMILES string of the molecule is Cc1sc(NC(=O)c2ccccc2)c(C(Nc2ccccc2F)c2ccccc2)c1C. The molecule has 1 atom stereocenters. The van der Waals surface area contributed by atoms with E-state index in [0.29, 0.717) is 11.3 Å². The summed E-state index contributed by atoms with van der Waals surface area (Å²) < 4.78 is 14.5. The van der Waals surface area contributed by atoms with Gasteiger partial charge in [0.05, 0.1) is 11.7 Å². The van der Waals surface area contributed by atoms with Crippen molar-refractivity contribution in [3.8, 4) is 0 Å². The van der Waals surface area contributed by atoms with Gasteiger partial charge in [-0.1, -0.05) is 60.7 Å². The molecule has 0 bridgehead atoms. The molecule has 0 saturated heterocycles. The van der Waals surface area contributed by atoms with Gasteiger partial charge < -0.3 is 10.6 Å². The Balaban J connectivity index is 1.78. The minimum absolute atomic E-state index is 0.166.